The van der Waals surface area contributed by atoms with Gasteiger partial charge in [-0.15, -0.1) is 0 Å². The molecule has 0 bridgehead atoms. The number of rotatable bonds is 4. The van der Waals surface area contributed by atoms with Crippen LogP contribution in [0.4, 0.5) is 0 Å². The van der Waals surface area contributed by atoms with Crippen LogP contribution in [-0.4, -0.2) is 19.1 Å². The number of aryl methyl sites for hydroxylation is 2. The van der Waals surface area contributed by atoms with Crippen LogP contribution in [0, 0.1) is 0 Å². The van der Waals surface area contributed by atoms with Gasteiger partial charge in [0.15, 0.2) is 5.82 Å². The van der Waals surface area contributed by atoms with E-state index in [-0.39, 0.29) is 5.69 Å². The molecule has 0 aliphatic carbocycles. The highest BCUT2D eigenvalue weighted by molar-refractivity contribution is 6.19. The summed E-state index contributed by atoms with van der Waals surface area (Å²) in [5.41, 5.74) is 10.1. The van der Waals surface area contributed by atoms with E-state index in [0.29, 0.717) is 5.82 Å². The van der Waals surface area contributed by atoms with Gasteiger partial charge in [-0.2, -0.15) is 0 Å². The molecular formula is C41H28N4O2. The number of furan rings is 1. The Labute approximate surface area is 269 Å². The lowest BCUT2D eigenvalue weighted by atomic mass is 9.99. The highest BCUT2D eigenvalue weighted by Gasteiger charge is 2.16. The van der Waals surface area contributed by atoms with Gasteiger partial charge < -0.3 is 4.42 Å². The van der Waals surface area contributed by atoms with E-state index < -0.39 is 0 Å². The molecule has 0 fully saturated rings. The summed E-state index contributed by atoms with van der Waals surface area (Å²) in [5.74, 6) is 0.659. The Hall–Kier alpha value is -6.27. The van der Waals surface area contributed by atoms with Crippen LogP contribution in [0.15, 0.2) is 143 Å². The third-order valence-corrected chi connectivity index (χ3v) is 9.18. The van der Waals surface area contributed by atoms with Crippen molar-refractivity contribution in [3.63, 3.8) is 0 Å². The zero-order valence-electron chi connectivity index (χ0n) is 25.8. The Morgan fingerprint density at radius 2 is 1.17 bits per heavy atom. The highest BCUT2D eigenvalue weighted by Crippen LogP contribution is 2.37. The van der Waals surface area contributed by atoms with Gasteiger partial charge in [-0.25, -0.2) is 14.8 Å². The van der Waals surface area contributed by atoms with Gasteiger partial charge in [0.2, 0.25) is 0 Å². The van der Waals surface area contributed by atoms with Crippen molar-refractivity contribution < 1.29 is 4.42 Å². The third-order valence-electron chi connectivity index (χ3n) is 9.18. The van der Waals surface area contributed by atoms with Gasteiger partial charge in [-0.1, -0.05) is 84.9 Å². The number of aromatic nitrogens is 4. The second-order valence-corrected chi connectivity index (χ2v) is 12.0. The van der Waals surface area contributed by atoms with Crippen molar-refractivity contribution >= 4 is 43.7 Å². The number of hydrogen-bond donors (Lipinski definition) is 0. The van der Waals surface area contributed by atoms with E-state index in [1.807, 2.05) is 49.5 Å². The quantitative estimate of drug-likeness (QED) is 0.200. The Bertz CT molecular complexity index is 2730. The standard InChI is InChI=1S/C41H28N4O2/c1-44-35-18-15-28(23-36(35)45(2)41(44)46)27-12-8-13-29(21-27)33-24-34(43-40(42-33)26-10-4-3-5-11-26)30-17-19-37-32(22-30)39-31-14-7-6-9-25(31)16-20-38(39)47-37/h3-24H,1-2H3. The number of benzene rings is 6. The first-order chi connectivity index (χ1) is 23.0. The Morgan fingerprint density at radius 1 is 0.511 bits per heavy atom. The lowest BCUT2D eigenvalue weighted by Gasteiger charge is -2.11. The molecule has 0 radical (unpaired) electrons. The number of hydrogen-bond acceptors (Lipinski definition) is 4. The Morgan fingerprint density at radius 3 is 2.02 bits per heavy atom. The van der Waals surface area contributed by atoms with Gasteiger partial charge in [0.05, 0.1) is 22.4 Å². The lowest BCUT2D eigenvalue weighted by molar-refractivity contribution is 0.669. The van der Waals surface area contributed by atoms with E-state index in [1.54, 1.807) is 16.2 Å². The topological polar surface area (TPSA) is 65.8 Å². The molecule has 6 nitrogen and oxygen atoms in total. The normalized spacial score (nSPS) is 11.7. The second-order valence-electron chi connectivity index (χ2n) is 12.0. The average molecular weight is 609 g/mol. The van der Waals surface area contributed by atoms with Gasteiger partial charge in [0.1, 0.15) is 11.2 Å². The van der Waals surface area contributed by atoms with Crippen LogP contribution in [-0.2, 0) is 14.1 Å². The lowest BCUT2D eigenvalue weighted by Crippen LogP contribution is -2.19. The maximum atomic E-state index is 12.6. The number of imidazole rings is 1. The molecule has 224 valence electrons. The molecule has 9 rings (SSSR count). The van der Waals surface area contributed by atoms with Crippen LogP contribution in [0.1, 0.15) is 0 Å². The van der Waals surface area contributed by atoms with Crippen molar-refractivity contribution in [3.8, 4) is 45.0 Å². The van der Waals surface area contributed by atoms with Crippen molar-refractivity contribution in [2.45, 2.75) is 0 Å². The summed E-state index contributed by atoms with van der Waals surface area (Å²) in [5, 5.41) is 4.51. The van der Waals surface area contributed by atoms with E-state index in [2.05, 4.69) is 91.0 Å². The van der Waals surface area contributed by atoms with Crippen molar-refractivity contribution in [2.75, 3.05) is 0 Å². The minimum absolute atomic E-state index is 0.0392. The summed E-state index contributed by atoms with van der Waals surface area (Å²) in [6.07, 6.45) is 0. The molecule has 0 atom stereocenters. The van der Waals surface area contributed by atoms with Crippen molar-refractivity contribution in [1.82, 2.24) is 19.1 Å². The van der Waals surface area contributed by atoms with E-state index in [4.69, 9.17) is 14.4 Å². The van der Waals surface area contributed by atoms with Crippen LogP contribution in [0.3, 0.4) is 0 Å². The average Bonchev–Trinajstić information content (AvgIpc) is 3.62. The van der Waals surface area contributed by atoms with Crippen molar-refractivity contribution in [2.24, 2.45) is 14.1 Å². The molecule has 0 aliphatic heterocycles. The third kappa shape index (κ3) is 4.37. The van der Waals surface area contributed by atoms with Gasteiger partial charge >= 0.3 is 5.69 Å². The maximum absolute atomic E-state index is 12.6. The van der Waals surface area contributed by atoms with E-state index >= 15 is 0 Å². The summed E-state index contributed by atoms with van der Waals surface area (Å²) in [7, 11) is 3.61. The first-order valence-corrected chi connectivity index (χ1v) is 15.6. The second kappa shape index (κ2) is 10.4. The highest BCUT2D eigenvalue weighted by atomic mass is 16.3. The van der Waals surface area contributed by atoms with Crippen molar-refractivity contribution in [3.05, 3.63) is 144 Å². The SMILES string of the molecule is Cn1c(=O)n(C)c2cc(-c3cccc(-c4cc(-c5ccc6oc7ccc8ccccc8c7c6c5)nc(-c5ccccc5)n4)c3)ccc21. The summed E-state index contributed by atoms with van der Waals surface area (Å²) in [4.78, 5) is 22.7. The molecule has 0 amide bonds. The van der Waals surface area contributed by atoms with Crippen LogP contribution < -0.4 is 5.69 Å². The maximum Gasteiger partial charge on any atom is 0.328 e. The molecule has 3 heterocycles. The van der Waals surface area contributed by atoms with Crippen LogP contribution in [0.2, 0.25) is 0 Å². The van der Waals surface area contributed by atoms with Gasteiger partial charge in [0.25, 0.3) is 0 Å². The zero-order valence-corrected chi connectivity index (χ0v) is 25.8. The van der Waals surface area contributed by atoms with E-state index in [1.165, 1.54) is 10.8 Å². The van der Waals surface area contributed by atoms with Crippen LogP contribution >= 0.6 is 0 Å². The molecule has 6 heteroatoms. The number of fused-ring (bicyclic) bond motifs is 6. The smallest absolute Gasteiger partial charge is 0.328 e. The summed E-state index contributed by atoms with van der Waals surface area (Å²) in [6.45, 7) is 0. The molecule has 3 aromatic heterocycles. The van der Waals surface area contributed by atoms with Crippen LogP contribution in [0.5, 0.6) is 0 Å². The fourth-order valence-corrected chi connectivity index (χ4v) is 6.71. The van der Waals surface area contributed by atoms with Crippen LogP contribution in [0.25, 0.3) is 88.8 Å². The molecule has 0 unspecified atom stereocenters. The number of nitrogens with zero attached hydrogens (tertiary/aromatic N) is 4. The molecule has 6 aromatic carbocycles. The molecular weight excluding hydrogens is 580 g/mol. The molecule has 9 aromatic rings. The molecule has 0 aliphatic rings. The summed E-state index contributed by atoms with van der Waals surface area (Å²) >= 11 is 0. The van der Waals surface area contributed by atoms with E-state index in [0.717, 1.165) is 72.2 Å². The zero-order chi connectivity index (χ0) is 31.6. The summed E-state index contributed by atoms with van der Waals surface area (Å²) in [6, 6.07) is 45.6. The first-order valence-electron chi connectivity index (χ1n) is 15.6. The molecule has 0 N–H and O–H groups in total. The monoisotopic (exact) mass is 608 g/mol. The fourth-order valence-electron chi connectivity index (χ4n) is 6.71. The minimum atomic E-state index is -0.0392. The molecule has 47 heavy (non-hydrogen) atoms. The van der Waals surface area contributed by atoms with Gasteiger partial charge in [0, 0.05) is 41.6 Å². The van der Waals surface area contributed by atoms with Crippen molar-refractivity contribution in [1.29, 1.82) is 0 Å². The Balaban J connectivity index is 1.22. The minimum Gasteiger partial charge on any atom is -0.456 e. The predicted octanol–water partition coefficient (Wildman–Crippen LogP) is 9.39. The molecule has 0 saturated carbocycles. The molecule has 0 saturated heterocycles. The molecule has 0 spiro atoms. The summed E-state index contributed by atoms with van der Waals surface area (Å²) < 4.78 is 9.65. The fraction of sp³-hybridized carbons (Fsp3) is 0.0488. The predicted molar refractivity (Wildman–Crippen MR) is 190 cm³/mol. The largest absolute Gasteiger partial charge is 0.456 e. The van der Waals surface area contributed by atoms with Gasteiger partial charge in [-0.05, 0) is 70.4 Å². The van der Waals surface area contributed by atoms with E-state index in [9.17, 15) is 4.79 Å². The van der Waals surface area contributed by atoms with Gasteiger partial charge in [-0.3, -0.25) is 9.13 Å². The Kier molecular flexibility index (Phi) is 5.99. The first kappa shape index (κ1) is 27.1.